The second-order valence-corrected chi connectivity index (χ2v) is 12.1. The van der Waals surface area contributed by atoms with Crippen molar-refractivity contribution < 1.29 is 23.4 Å². The number of fused-ring (bicyclic) bond motifs is 2. The Morgan fingerprint density at radius 1 is 0.953 bits per heavy atom. The third kappa shape index (κ3) is 7.00. The number of hydrogen-bond acceptors (Lipinski definition) is 8. The first-order valence-corrected chi connectivity index (χ1v) is 15.1. The standard InChI is InChI=1S/C34H34FN3O4S/c1-40-32-15-28-30(16-33(32)41-19-23-9-24-17-36-18-25(24)10-23)37-20-38-34(28)42-31-8-7-22(13-29(31)35)12-27(43)14-26(39)11-21-5-3-2-4-6-21/h2-8,13,15-16,20,23-25,36H,9-12,14,17-19H2,1H3. The summed E-state index contributed by atoms with van der Waals surface area (Å²) < 4.78 is 32.9. The summed E-state index contributed by atoms with van der Waals surface area (Å²) in [5, 5.41) is 4.06. The van der Waals surface area contributed by atoms with Crippen molar-refractivity contribution in [2.45, 2.75) is 32.1 Å². The zero-order valence-corrected chi connectivity index (χ0v) is 24.9. The summed E-state index contributed by atoms with van der Waals surface area (Å²) in [6.45, 7) is 2.84. The molecule has 1 aliphatic heterocycles. The van der Waals surface area contributed by atoms with Crippen molar-refractivity contribution >= 4 is 33.8 Å². The van der Waals surface area contributed by atoms with Gasteiger partial charge in [0.1, 0.15) is 12.1 Å². The van der Waals surface area contributed by atoms with E-state index in [1.807, 2.05) is 36.4 Å². The van der Waals surface area contributed by atoms with Crippen LogP contribution < -0.4 is 19.5 Å². The molecule has 0 amide bonds. The van der Waals surface area contributed by atoms with Gasteiger partial charge in [0.05, 0.1) is 24.6 Å². The maximum atomic E-state index is 15.2. The second kappa shape index (κ2) is 13.1. The number of ketones is 1. The van der Waals surface area contributed by atoms with Crippen LogP contribution in [0.25, 0.3) is 10.9 Å². The van der Waals surface area contributed by atoms with Gasteiger partial charge in [-0.15, -0.1) is 0 Å². The molecule has 2 atom stereocenters. The Kier molecular flexibility index (Phi) is 8.90. The van der Waals surface area contributed by atoms with Gasteiger partial charge < -0.3 is 19.5 Å². The van der Waals surface area contributed by atoms with Gasteiger partial charge in [0, 0.05) is 30.2 Å². The van der Waals surface area contributed by atoms with Gasteiger partial charge in [-0.3, -0.25) is 4.79 Å². The average molecular weight is 600 g/mol. The molecule has 1 aliphatic carbocycles. The number of aromatic nitrogens is 2. The highest BCUT2D eigenvalue weighted by Crippen LogP contribution is 2.40. The van der Waals surface area contributed by atoms with E-state index in [-0.39, 0.29) is 23.8 Å². The number of Topliss-reactive ketones (excluding diaryl/α,β-unsaturated/α-hetero) is 1. The molecule has 1 N–H and O–H groups in total. The second-order valence-electron chi connectivity index (χ2n) is 11.5. The van der Waals surface area contributed by atoms with E-state index >= 15 is 4.39 Å². The Morgan fingerprint density at radius 2 is 1.74 bits per heavy atom. The molecule has 3 aromatic carbocycles. The molecule has 2 aliphatic rings. The number of halogens is 1. The molecule has 2 heterocycles. The Labute approximate surface area is 255 Å². The van der Waals surface area contributed by atoms with Crippen LogP contribution in [0.5, 0.6) is 23.1 Å². The normalized spacial score (nSPS) is 19.3. The molecule has 7 nitrogen and oxygen atoms in total. The number of thiocarbonyl (C=S) groups is 1. The Balaban J connectivity index is 1.10. The van der Waals surface area contributed by atoms with Crippen LogP contribution in [0.15, 0.2) is 67.0 Å². The summed E-state index contributed by atoms with van der Waals surface area (Å²) in [5.41, 5.74) is 2.22. The zero-order valence-electron chi connectivity index (χ0n) is 24.1. The topological polar surface area (TPSA) is 82.6 Å². The molecule has 2 fully saturated rings. The summed E-state index contributed by atoms with van der Waals surface area (Å²) in [7, 11) is 1.59. The van der Waals surface area contributed by atoms with Crippen LogP contribution in [0.1, 0.15) is 30.4 Å². The lowest BCUT2D eigenvalue weighted by molar-refractivity contribution is -0.117. The van der Waals surface area contributed by atoms with Crippen LogP contribution in [0.2, 0.25) is 0 Å². The van der Waals surface area contributed by atoms with E-state index in [4.69, 9.17) is 26.4 Å². The van der Waals surface area contributed by atoms with Crippen molar-refractivity contribution in [1.82, 2.24) is 15.3 Å². The minimum Gasteiger partial charge on any atom is -0.493 e. The van der Waals surface area contributed by atoms with Crippen molar-refractivity contribution in [3.05, 3.63) is 83.9 Å². The van der Waals surface area contributed by atoms with Crippen molar-refractivity contribution in [3.8, 4) is 23.1 Å². The summed E-state index contributed by atoms with van der Waals surface area (Å²) >= 11 is 5.45. The van der Waals surface area contributed by atoms with E-state index in [1.54, 1.807) is 25.3 Å². The molecular weight excluding hydrogens is 565 g/mol. The Morgan fingerprint density at radius 3 is 2.49 bits per heavy atom. The summed E-state index contributed by atoms with van der Waals surface area (Å²) in [6.07, 6.45) is 4.56. The van der Waals surface area contributed by atoms with E-state index in [9.17, 15) is 4.79 Å². The lowest BCUT2D eigenvalue weighted by atomic mass is 10.0. The molecule has 222 valence electrons. The third-order valence-electron chi connectivity index (χ3n) is 8.35. The molecular formula is C34H34FN3O4S. The number of ether oxygens (including phenoxy) is 3. The molecule has 1 saturated carbocycles. The minimum atomic E-state index is -0.550. The number of methoxy groups -OCH3 is 1. The van der Waals surface area contributed by atoms with Gasteiger partial charge in [0.25, 0.3) is 0 Å². The summed E-state index contributed by atoms with van der Waals surface area (Å²) in [4.78, 5) is 21.7. The molecule has 43 heavy (non-hydrogen) atoms. The highest BCUT2D eigenvalue weighted by Gasteiger charge is 2.37. The molecule has 0 radical (unpaired) electrons. The highest BCUT2D eigenvalue weighted by molar-refractivity contribution is 7.80. The molecule has 9 heteroatoms. The maximum Gasteiger partial charge on any atom is 0.230 e. The fraction of sp³-hybridized carbons (Fsp3) is 0.353. The van der Waals surface area contributed by atoms with E-state index in [0.29, 0.717) is 58.2 Å². The number of carbonyl (C=O) groups excluding carboxylic acids is 1. The number of nitrogens with zero attached hydrogens (tertiary/aromatic N) is 2. The number of rotatable bonds is 12. The third-order valence-corrected chi connectivity index (χ3v) is 8.64. The van der Waals surface area contributed by atoms with Crippen molar-refractivity contribution in [1.29, 1.82) is 0 Å². The largest absolute Gasteiger partial charge is 0.493 e. The van der Waals surface area contributed by atoms with E-state index < -0.39 is 5.82 Å². The number of hydrogen-bond donors (Lipinski definition) is 1. The fourth-order valence-electron chi connectivity index (χ4n) is 6.27. The number of benzene rings is 3. The van der Waals surface area contributed by atoms with E-state index in [2.05, 4.69) is 15.3 Å². The van der Waals surface area contributed by atoms with Crippen molar-refractivity contribution in [2.24, 2.45) is 17.8 Å². The first-order chi connectivity index (χ1) is 20.9. The summed E-state index contributed by atoms with van der Waals surface area (Å²) in [6, 6.07) is 17.8. The van der Waals surface area contributed by atoms with Gasteiger partial charge in [-0.2, -0.15) is 0 Å². The maximum absolute atomic E-state index is 15.2. The van der Waals surface area contributed by atoms with Gasteiger partial charge in [0.15, 0.2) is 23.1 Å². The van der Waals surface area contributed by atoms with Crippen LogP contribution in [0, 0.1) is 23.6 Å². The van der Waals surface area contributed by atoms with Gasteiger partial charge in [0.2, 0.25) is 5.88 Å². The monoisotopic (exact) mass is 599 g/mol. The van der Waals surface area contributed by atoms with Gasteiger partial charge in [-0.25, -0.2) is 14.4 Å². The van der Waals surface area contributed by atoms with Crippen LogP contribution in [0.4, 0.5) is 4.39 Å². The molecule has 4 aromatic rings. The minimum absolute atomic E-state index is 0.0235. The van der Waals surface area contributed by atoms with Crippen molar-refractivity contribution in [3.63, 3.8) is 0 Å². The quantitative estimate of drug-likeness (QED) is 0.190. The fourth-order valence-corrected chi connectivity index (χ4v) is 6.59. The number of carbonyl (C=O) groups is 1. The Bertz CT molecular complexity index is 1620. The van der Waals surface area contributed by atoms with Crippen LogP contribution in [0.3, 0.4) is 0 Å². The lowest BCUT2D eigenvalue weighted by Gasteiger charge is -2.16. The molecule has 6 rings (SSSR count). The van der Waals surface area contributed by atoms with Gasteiger partial charge in [-0.05, 0) is 73.0 Å². The van der Waals surface area contributed by atoms with E-state index in [0.717, 1.165) is 30.5 Å². The number of nitrogens with one attached hydrogen (secondary N) is 1. The highest BCUT2D eigenvalue weighted by atomic mass is 32.1. The summed E-state index contributed by atoms with van der Waals surface area (Å²) in [5.74, 6) is 2.90. The Hall–Kier alpha value is -3.95. The molecule has 1 aromatic heterocycles. The molecule has 1 saturated heterocycles. The molecule has 0 bridgehead atoms. The molecule has 0 spiro atoms. The van der Waals surface area contributed by atoms with Crippen molar-refractivity contribution in [2.75, 3.05) is 26.8 Å². The predicted octanol–water partition coefficient (Wildman–Crippen LogP) is 6.31. The molecule has 2 unspecified atom stereocenters. The van der Waals surface area contributed by atoms with Crippen LogP contribution in [-0.2, 0) is 17.6 Å². The van der Waals surface area contributed by atoms with Crippen LogP contribution in [-0.4, -0.2) is 47.4 Å². The van der Waals surface area contributed by atoms with Gasteiger partial charge >= 0.3 is 0 Å². The smallest absolute Gasteiger partial charge is 0.230 e. The van der Waals surface area contributed by atoms with E-state index in [1.165, 1.54) is 25.2 Å². The first-order valence-electron chi connectivity index (χ1n) is 14.6. The predicted molar refractivity (Wildman–Crippen MR) is 167 cm³/mol. The first kappa shape index (κ1) is 29.1. The van der Waals surface area contributed by atoms with Crippen LogP contribution >= 0.6 is 12.2 Å². The SMILES string of the molecule is COc1cc2c(Oc3ccc(CC(=S)CC(=O)Cc4ccccc4)cc3F)ncnc2cc1OCC1CC2CNCC2C1. The zero-order chi connectivity index (χ0) is 29.8. The average Bonchev–Trinajstić information content (AvgIpc) is 3.60. The van der Waals surface area contributed by atoms with Gasteiger partial charge in [-0.1, -0.05) is 48.6 Å². The lowest BCUT2D eigenvalue weighted by Crippen LogP contribution is -2.15.